The second-order valence-corrected chi connectivity index (χ2v) is 9.28. The summed E-state index contributed by atoms with van der Waals surface area (Å²) in [6.45, 7) is 6.27. The van der Waals surface area contributed by atoms with E-state index in [0.29, 0.717) is 11.6 Å². The van der Waals surface area contributed by atoms with E-state index in [9.17, 15) is 9.59 Å². The van der Waals surface area contributed by atoms with Crippen LogP contribution in [-0.4, -0.2) is 54.5 Å². The molecule has 0 bridgehead atoms. The van der Waals surface area contributed by atoms with Crippen molar-refractivity contribution in [3.63, 3.8) is 0 Å². The largest absolute Gasteiger partial charge is 0.466 e. The summed E-state index contributed by atoms with van der Waals surface area (Å²) in [6.07, 6.45) is 3.21. The fraction of sp³-hybridized carbons (Fsp3) is 0.276. The van der Waals surface area contributed by atoms with Gasteiger partial charge in [0.05, 0.1) is 5.69 Å². The molecule has 2 aliphatic heterocycles. The van der Waals surface area contributed by atoms with Gasteiger partial charge < -0.3 is 15.0 Å². The number of likely N-dealkylation sites (N-methyl/N-ethyl adjacent to an activating group) is 1. The summed E-state index contributed by atoms with van der Waals surface area (Å²) >= 11 is 0. The van der Waals surface area contributed by atoms with Crippen LogP contribution in [0.1, 0.15) is 18.4 Å². The molecule has 2 aromatic carbocycles. The fourth-order valence-corrected chi connectivity index (χ4v) is 4.77. The van der Waals surface area contributed by atoms with Crippen LogP contribution in [0.5, 0.6) is 5.88 Å². The molecule has 0 spiro atoms. The molecule has 0 unspecified atom stereocenters. The van der Waals surface area contributed by atoms with Gasteiger partial charge in [-0.2, -0.15) is 0 Å². The van der Waals surface area contributed by atoms with Crippen molar-refractivity contribution in [2.24, 2.45) is 0 Å². The first-order valence-corrected chi connectivity index (χ1v) is 12.3. The van der Waals surface area contributed by atoms with Crippen molar-refractivity contribution in [1.82, 2.24) is 15.2 Å². The average Bonchev–Trinajstić information content (AvgIpc) is 2.92. The number of fused-ring (bicyclic) bond motifs is 1. The number of piperidine rings is 1. The quantitative estimate of drug-likeness (QED) is 0.537. The van der Waals surface area contributed by atoms with E-state index in [4.69, 9.17) is 9.72 Å². The number of hydrogen-bond donors (Lipinski definition) is 1. The Morgan fingerprint density at radius 3 is 2.53 bits per heavy atom. The van der Waals surface area contributed by atoms with Gasteiger partial charge in [-0.25, -0.2) is 4.98 Å². The summed E-state index contributed by atoms with van der Waals surface area (Å²) in [6, 6.07) is 20.8. The molecule has 0 aliphatic carbocycles. The lowest BCUT2D eigenvalue weighted by molar-refractivity contribution is -0.121. The number of rotatable bonds is 6. The lowest BCUT2D eigenvalue weighted by atomic mass is 9.97. The van der Waals surface area contributed by atoms with Gasteiger partial charge >= 0.3 is 0 Å². The summed E-state index contributed by atoms with van der Waals surface area (Å²) < 4.78 is 5.68. The predicted molar refractivity (Wildman–Crippen MR) is 141 cm³/mol. The Kier molecular flexibility index (Phi) is 6.82. The first-order chi connectivity index (χ1) is 17.5. The molecule has 2 aliphatic rings. The molecular formula is C29H30N4O3. The smallest absolute Gasteiger partial charge is 0.264 e. The topological polar surface area (TPSA) is 74.8 Å². The Morgan fingerprint density at radius 1 is 1.11 bits per heavy atom. The van der Waals surface area contributed by atoms with E-state index in [2.05, 4.69) is 41.1 Å². The van der Waals surface area contributed by atoms with Crippen molar-refractivity contribution in [2.45, 2.75) is 25.4 Å². The highest BCUT2D eigenvalue weighted by molar-refractivity contribution is 5.98. The minimum absolute atomic E-state index is 0.00643. The maximum atomic E-state index is 12.2. The van der Waals surface area contributed by atoms with E-state index in [1.54, 1.807) is 11.9 Å². The number of aromatic nitrogens is 1. The number of carbonyl (C=O) groups excluding carboxylic acids is 2. The zero-order valence-electron chi connectivity index (χ0n) is 20.4. The van der Waals surface area contributed by atoms with Gasteiger partial charge in [-0.05, 0) is 36.1 Å². The zero-order chi connectivity index (χ0) is 25.1. The van der Waals surface area contributed by atoms with Crippen LogP contribution < -0.4 is 15.0 Å². The summed E-state index contributed by atoms with van der Waals surface area (Å²) in [7, 11) is 1.75. The average molecular weight is 483 g/mol. The zero-order valence-corrected chi connectivity index (χ0v) is 20.4. The van der Waals surface area contributed by atoms with Crippen molar-refractivity contribution >= 4 is 17.5 Å². The van der Waals surface area contributed by atoms with Crippen LogP contribution in [-0.2, 0) is 16.1 Å². The summed E-state index contributed by atoms with van der Waals surface area (Å²) in [4.78, 5) is 32.6. The predicted octanol–water partition coefficient (Wildman–Crippen LogP) is 4.04. The standard InChI is InChI=1S/C29H30N4O3/c1-3-26(34)30-23-13-15-33(16-14-23)18-20-9-11-22(12-10-20)28-24(21-7-5-4-6-8-21)17-25-29(31-28)36-19-27(35)32(25)2/h3-12,17,23H,1,13-16,18-19H2,2H3,(H,30,34). The Hall–Kier alpha value is -3.97. The van der Waals surface area contributed by atoms with E-state index < -0.39 is 0 Å². The summed E-state index contributed by atoms with van der Waals surface area (Å²) in [5, 5.41) is 3.00. The highest BCUT2D eigenvalue weighted by Crippen LogP contribution is 2.39. The minimum atomic E-state index is -0.0988. The Morgan fingerprint density at radius 2 is 1.83 bits per heavy atom. The van der Waals surface area contributed by atoms with E-state index in [1.807, 2.05) is 36.4 Å². The Labute approximate surface area is 211 Å². The van der Waals surface area contributed by atoms with Crippen molar-refractivity contribution in [2.75, 3.05) is 31.6 Å². The van der Waals surface area contributed by atoms with Gasteiger partial charge in [0.2, 0.25) is 11.8 Å². The number of amides is 2. The highest BCUT2D eigenvalue weighted by atomic mass is 16.5. The first kappa shape index (κ1) is 23.8. The lowest BCUT2D eigenvalue weighted by Gasteiger charge is -2.32. The summed E-state index contributed by atoms with van der Waals surface area (Å²) in [5.41, 5.74) is 5.72. The number of benzene rings is 2. The number of anilines is 1. The van der Waals surface area contributed by atoms with Crippen molar-refractivity contribution in [3.8, 4) is 28.3 Å². The minimum Gasteiger partial charge on any atom is -0.466 e. The van der Waals surface area contributed by atoms with Gasteiger partial charge in [-0.1, -0.05) is 61.2 Å². The number of nitrogens with one attached hydrogen (secondary N) is 1. The molecule has 7 nitrogen and oxygen atoms in total. The molecule has 1 saturated heterocycles. The van der Waals surface area contributed by atoms with Gasteiger partial charge in [0.1, 0.15) is 5.69 Å². The van der Waals surface area contributed by atoms with Crippen LogP contribution in [0, 0.1) is 0 Å². The highest BCUT2D eigenvalue weighted by Gasteiger charge is 2.26. The van der Waals surface area contributed by atoms with Gasteiger partial charge in [0, 0.05) is 43.9 Å². The van der Waals surface area contributed by atoms with E-state index >= 15 is 0 Å². The van der Waals surface area contributed by atoms with Crippen LogP contribution in [0.3, 0.4) is 0 Å². The van der Waals surface area contributed by atoms with E-state index in [-0.39, 0.29) is 24.5 Å². The molecule has 3 aromatic rings. The molecule has 1 aromatic heterocycles. The van der Waals surface area contributed by atoms with Crippen LogP contribution in [0.4, 0.5) is 5.69 Å². The molecule has 36 heavy (non-hydrogen) atoms. The van der Waals surface area contributed by atoms with Gasteiger partial charge in [-0.15, -0.1) is 0 Å². The number of hydrogen-bond acceptors (Lipinski definition) is 5. The van der Waals surface area contributed by atoms with Crippen molar-refractivity contribution in [1.29, 1.82) is 0 Å². The van der Waals surface area contributed by atoms with Gasteiger partial charge in [0.25, 0.3) is 5.91 Å². The van der Waals surface area contributed by atoms with E-state index in [1.165, 1.54) is 11.6 Å². The van der Waals surface area contributed by atoms with Gasteiger partial charge in [-0.3, -0.25) is 14.5 Å². The third-order valence-electron chi connectivity index (χ3n) is 6.87. The number of ether oxygens (including phenoxy) is 1. The summed E-state index contributed by atoms with van der Waals surface area (Å²) in [5.74, 6) is 0.285. The normalized spacial score (nSPS) is 16.2. The van der Waals surface area contributed by atoms with Crippen LogP contribution in [0.15, 0.2) is 73.3 Å². The maximum Gasteiger partial charge on any atom is 0.264 e. The molecule has 2 amide bonds. The molecular weight excluding hydrogens is 452 g/mol. The number of nitrogens with zero attached hydrogens (tertiary/aromatic N) is 3. The number of pyridine rings is 1. The van der Waals surface area contributed by atoms with Gasteiger partial charge in [0.15, 0.2) is 6.61 Å². The Bertz CT molecular complexity index is 1270. The monoisotopic (exact) mass is 482 g/mol. The second kappa shape index (κ2) is 10.3. The molecule has 184 valence electrons. The third-order valence-corrected chi connectivity index (χ3v) is 6.87. The molecule has 7 heteroatoms. The van der Waals surface area contributed by atoms with Crippen LogP contribution in [0.25, 0.3) is 22.4 Å². The van der Waals surface area contributed by atoms with Crippen molar-refractivity contribution < 1.29 is 14.3 Å². The van der Waals surface area contributed by atoms with Crippen molar-refractivity contribution in [3.05, 3.63) is 78.9 Å². The molecule has 0 saturated carbocycles. The lowest BCUT2D eigenvalue weighted by Crippen LogP contribution is -2.43. The van der Waals surface area contributed by atoms with E-state index in [0.717, 1.165) is 54.9 Å². The molecule has 1 fully saturated rings. The number of likely N-dealkylation sites (tertiary alicyclic amines) is 1. The third kappa shape index (κ3) is 5.02. The molecule has 5 rings (SSSR count). The molecule has 0 atom stereocenters. The maximum absolute atomic E-state index is 12.2. The Balaban J connectivity index is 1.36. The molecule has 3 heterocycles. The SMILES string of the molecule is C=CC(=O)NC1CCN(Cc2ccc(-c3nc4c(cc3-c3ccccc3)N(C)C(=O)CO4)cc2)CC1. The molecule has 1 N–H and O–H groups in total. The van der Waals surface area contributed by atoms with Crippen LogP contribution in [0.2, 0.25) is 0 Å². The molecule has 0 radical (unpaired) electrons. The van der Waals surface area contributed by atoms with Crippen LogP contribution >= 0.6 is 0 Å². The number of carbonyl (C=O) groups is 2. The fourth-order valence-electron chi connectivity index (χ4n) is 4.77. The second-order valence-electron chi connectivity index (χ2n) is 9.28. The first-order valence-electron chi connectivity index (χ1n) is 12.3.